The molecule has 1 saturated heterocycles. The molecule has 1 aromatic carbocycles. The number of rotatable bonds is 12. The molecule has 1 aromatic rings. The largest absolute Gasteiger partial charge is 0.504 e. The number of aliphatic hydroxyl groups excluding tert-OH is 1. The number of piperidine rings is 1. The highest BCUT2D eigenvalue weighted by Gasteiger charge is 2.67. The minimum Gasteiger partial charge on any atom is -0.504 e. The second kappa shape index (κ2) is 15.5. The first kappa shape index (κ1) is 42.9. The van der Waals surface area contributed by atoms with Crippen molar-refractivity contribution in [2.75, 3.05) is 18.4 Å². The number of amides is 5. The van der Waals surface area contributed by atoms with Crippen molar-refractivity contribution in [3.63, 3.8) is 0 Å². The zero-order valence-electron chi connectivity index (χ0n) is 37.0. The zero-order chi connectivity index (χ0) is 43.7. The van der Waals surface area contributed by atoms with E-state index in [1.165, 1.54) is 5.57 Å². The number of aliphatic hydroxyl groups is 1. The topological polar surface area (TPSA) is 162 Å². The molecule has 7 atom stereocenters. The monoisotopic (exact) mass is 832 g/mol. The van der Waals surface area contributed by atoms with E-state index in [4.69, 9.17) is 0 Å². The van der Waals surface area contributed by atoms with Gasteiger partial charge in [-0.05, 0) is 123 Å². The molecule has 7 aliphatic rings. The quantitative estimate of drug-likeness (QED) is 0.120. The average Bonchev–Trinajstić information content (AvgIpc) is 3.48. The fraction of sp³-hybridized carbons (Fsp3) is 0.600. The molecule has 61 heavy (non-hydrogen) atoms. The molecule has 4 N–H and O–H groups in total. The van der Waals surface area contributed by atoms with E-state index in [0.717, 1.165) is 99.5 Å². The number of nitrogens with zero attached hydrogens (tertiary/aromatic N) is 1. The molecule has 11 nitrogen and oxygen atoms in total. The normalized spacial score (nSPS) is 34.3. The van der Waals surface area contributed by atoms with Gasteiger partial charge < -0.3 is 15.7 Å². The van der Waals surface area contributed by atoms with E-state index in [9.17, 15) is 33.9 Å². The average molecular weight is 833 g/mol. The maximum absolute atomic E-state index is 14.1. The van der Waals surface area contributed by atoms with Gasteiger partial charge in [-0.15, -0.1) is 0 Å². The number of hydrogen-bond donors (Lipinski definition) is 4. The number of fused-ring (bicyclic) bond motifs is 8. The molecule has 2 aliphatic heterocycles. The number of imide groups is 2. The van der Waals surface area contributed by atoms with E-state index < -0.39 is 35.1 Å². The Morgan fingerprint density at radius 1 is 0.852 bits per heavy atom. The first-order valence-electron chi connectivity index (χ1n) is 22.9. The Kier molecular flexibility index (Phi) is 10.9. The van der Waals surface area contributed by atoms with Gasteiger partial charge in [0.2, 0.25) is 23.5 Å². The smallest absolute Gasteiger partial charge is 0.264 e. The summed E-state index contributed by atoms with van der Waals surface area (Å²) in [6.45, 7) is 15.1. The highest BCUT2D eigenvalue weighted by atomic mass is 16.3. The van der Waals surface area contributed by atoms with E-state index >= 15 is 0 Å². The van der Waals surface area contributed by atoms with Crippen molar-refractivity contribution >= 4 is 41.0 Å². The number of carbonyl (C=O) groups excluding carboxylic acids is 6. The number of anilines is 1. The molecule has 0 aromatic heterocycles. The van der Waals surface area contributed by atoms with Crippen LogP contribution in [-0.2, 0) is 19.2 Å². The molecule has 0 spiro atoms. The first-order valence-corrected chi connectivity index (χ1v) is 22.9. The summed E-state index contributed by atoms with van der Waals surface area (Å²) < 4.78 is 0. The van der Waals surface area contributed by atoms with Crippen LogP contribution in [0, 0.1) is 33.0 Å². The summed E-state index contributed by atoms with van der Waals surface area (Å²) >= 11 is 0. The summed E-state index contributed by atoms with van der Waals surface area (Å²) in [6.07, 6.45) is 19.3. The Morgan fingerprint density at radius 3 is 2.30 bits per heavy atom. The van der Waals surface area contributed by atoms with Crippen LogP contribution in [0.3, 0.4) is 0 Å². The summed E-state index contributed by atoms with van der Waals surface area (Å²) in [5, 5.41) is 19.4. The van der Waals surface area contributed by atoms with Gasteiger partial charge in [-0.3, -0.25) is 39.0 Å². The van der Waals surface area contributed by atoms with Crippen molar-refractivity contribution in [2.24, 2.45) is 33.0 Å². The van der Waals surface area contributed by atoms with E-state index in [-0.39, 0.29) is 63.1 Å². The third kappa shape index (κ3) is 6.83. The van der Waals surface area contributed by atoms with Crippen LogP contribution in [0.25, 0.3) is 0 Å². The van der Waals surface area contributed by atoms with Crippen LogP contribution in [0.4, 0.5) is 5.69 Å². The Bertz CT molecular complexity index is 2240. The van der Waals surface area contributed by atoms with Crippen molar-refractivity contribution in [3.8, 4) is 0 Å². The summed E-state index contributed by atoms with van der Waals surface area (Å²) in [7, 11) is 0. The highest BCUT2D eigenvalue weighted by Crippen LogP contribution is 2.75. The molecule has 326 valence electrons. The van der Waals surface area contributed by atoms with E-state index in [1.54, 1.807) is 24.3 Å². The Labute approximate surface area is 360 Å². The molecule has 3 saturated carbocycles. The lowest BCUT2D eigenvalue weighted by molar-refractivity contribution is -0.169. The first-order chi connectivity index (χ1) is 28.9. The molecule has 8 rings (SSSR count). The predicted octanol–water partition coefficient (Wildman–Crippen LogP) is 8.58. The van der Waals surface area contributed by atoms with Gasteiger partial charge >= 0.3 is 0 Å². The Morgan fingerprint density at radius 2 is 1.56 bits per heavy atom. The third-order valence-electron chi connectivity index (χ3n) is 17.1. The predicted molar refractivity (Wildman–Crippen MR) is 233 cm³/mol. The van der Waals surface area contributed by atoms with E-state index in [0.29, 0.717) is 30.3 Å². The van der Waals surface area contributed by atoms with Crippen LogP contribution in [0.5, 0.6) is 0 Å². The lowest BCUT2D eigenvalue weighted by Gasteiger charge is -2.70. The molecule has 5 amide bonds. The lowest BCUT2D eigenvalue weighted by Crippen LogP contribution is -2.62. The fourth-order valence-corrected chi connectivity index (χ4v) is 12.9. The number of ketones is 1. The van der Waals surface area contributed by atoms with Gasteiger partial charge in [0.05, 0.1) is 11.1 Å². The standard InChI is InChI=1S/C50H64N4O7/c1-30-31-16-18-37-48(4,33(31)28-36(55)41(30)57)23-25-50(6)38-29-47(3,21-20-46(38,2)22-24-49(37,50)5)45(61)52-27-12-10-8-7-9-11-26-51-34-15-13-14-32-40(34)44(60)54(43(32)59)35-17-19-39(56)53-42(35)58/h13-16,18,28,35,38,51,57H,7-12,17,19-27,29H2,1-6H3,(H,52,61)(H,53,56,58)/t35?,38-,46-,47-,48+,49-,50+/m1/s1. The number of allylic oxidation sites excluding steroid dienone is 7. The van der Waals surface area contributed by atoms with E-state index in [1.807, 2.05) is 6.92 Å². The number of hydrogen-bond acceptors (Lipinski definition) is 8. The molecule has 0 bridgehead atoms. The minimum absolute atomic E-state index is 0.00304. The lowest BCUT2D eigenvalue weighted by atomic mass is 9.34. The van der Waals surface area contributed by atoms with Crippen molar-refractivity contribution in [3.05, 3.63) is 75.6 Å². The summed E-state index contributed by atoms with van der Waals surface area (Å²) in [5.74, 6) is -1.90. The van der Waals surface area contributed by atoms with Crippen molar-refractivity contribution in [1.82, 2.24) is 15.5 Å². The van der Waals surface area contributed by atoms with Crippen LogP contribution in [0.2, 0.25) is 0 Å². The number of unbranched alkanes of at least 4 members (excludes halogenated alkanes) is 5. The summed E-state index contributed by atoms with van der Waals surface area (Å²) in [5.41, 5.74) is 4.65. The van der Waals surface area contributed by atoms with Crippen LogP contribution in [-0.4, -0.2) is 64.5 Å². The number of benzene rings is 1. The number of nitrogens with one attached hydrogen (secondary N) is 3. The Balaban J connectivity index is 0.801. The van der Waals surface area contributed by atoms with Crippen molar-refractivity contribution < 1.29 is 33.9 Å². The second-order valence-electron chi connectivity index (χ2n) is 20.6. The van der Waals surface area contributed by atoms with Crippen LogP contribution in [0.15, 0.2) is 64.5 Å². The van der Waals surface area contributed by atoms with Crippen LogP contribution < -0.4 is 16.0 Å². The zero-order valence-corrected chi connectivity index (χ0v) is 37.0. The van der Waals surface area contributed by atoms with Crippen LogP contribution in [0.1, 0.15) is 159 Å². The summed E-state index contributed by atoms with van der Waals surface area (Å²) in [4.78, 5) is 78.5. The van der Waals surface area contributed by atoms with Crippen molar-refractivity contribution in [2.45, 2.75) is 144 Å². The minimum atomic E-state index is -0.988. The maximum atomic E-state index is 14.1. The molecule has 5 aliphatic carbocycles. The van der Waals surface area contributed by atoms with E-state index in [2.05, 4.69) is 62.7 Å². The Hall–Kier alpha value is -4.80. The van der Waals surface area contributed by atoms with Gasteiger partial charge in [0.15, 0.2) is 5.76 Å². The fourth-order valence-electron chi connectivity index (χ4n) is 12.9. The van der Waals surface area contributed by atoms with Gasteiger partial charge in [-0.25, -0.2) is 0 Å². The van der Waals surface area contributed by atoms with Gasteiger partial charge in [0, 0.05) is 41.6 Å². The van der Waals surface area contributed by atoms with Gasteiger partial charge in [0.25, 0.3) is 11.8 Å². The summed E-state index contributed by atoms with van der Waals surface area (Å²) in [6, 6.07) is 4.13. The van der Waals surface area contributed by atoms with Crippen LogP contribution >= 0.6 is 0 Å². The maximum Gasteiger partial charge on any atom is 0.264 e. The SMILES string of the molecule is CC1=C(O)C(=O)C=C2C1=CC=C1[C@@]2(C)CC[C@@]2(C)[C@@H]3C[C@](C)(C(=O)NCCCCCCCCNc4cccc5c4C(=O)N(C4CCC(=O)NC4=O)C5=O)CC[C@]3(C)CC[C@]12C. The van der Waals surface area contributed by atoms with Gasteiger partial charge in [-0.1, -0.05) is 84.1 Å². The highest BCUT2D eigenvalue weighted by molar-refractivity contribution is 6.25. The molecule has 2 heterocycles. The van der Waals surface area contributed by atoms with Gasteiger partial charge in [0.1, 0.15) is 6.04 Å². The number of carbonyl (C=O) groups is 6. The second-order valence-corrected chi connectivity index (χ2v) is 20.6. The van der Waals surface area contributed by atoms with Crippen molar-refractivity contribution in [1.29, 1.82) is 0 Å². The third-order valence-corrected chi connectivity index (χ3v) is 17.1. The van der Waals surface area contributed by atoms with Gasteiger partial charge in [-0.2, -0.15) is 0 Å². The molecule has 11 heteroatoms. The molecule has 1 unspecified atom stereocenters. The molecule has 4 fully saturated rings. The molecular weight excluding hydrogens is 769 g/mol. The molecular formula is C50H64N4O7. The molecule has 0 radical (unpaired) electrons.